The van der Waals surface area contributed by atoms with E-state index in [9.17, 15) is 0 Å². The van der Waals surface area contributed by atoms with Gasteiger partial charge in [-0.25, -0.2) is 0 Å². The highest BCUT2D eigenvalue weighted by molar-refractivity contribution is 5.73. The van der Waals surface area contributed by atoms with E-state index in [2.05, 4.69) is 64.1 Å². The molecule has 0 aliphatic carbocycles. The highest BCUT2D eigenvalue weighted by Gasteiger charge is 2.17. The molecule has 0 saturated carbocycles. The van der Waals surface area contributed by atoms with E-state index in [0.29, 0.717) is 0 Å². The van der Waals surface area contributed by atoms with Crippen LogP contribution in [0.15, 0.2) is 40.3 Å². The molecule has 1 nitrogen and oxygen atoms in total. The Morgan fingerprint density at radius 1 is 1.05 bits per heavy atom. The van der Waals surface area contributed by atoms with Crippen molar-refractivity contribution < 1.29 is 4.42 Å². The molecule has 0 radical (unpaired) electrons. The summed E-state index contributed by atoms with van der Waals surface area (Å²) in [5.74, 6) is 2.08. The summed E-state index contributed by atoms with van der Waals surface area (Å²) in [6.45, 7) is 8.59. The second-order valence-corrected chi connectivity index (χ2v) is 6.27. The van der Waals surface area contributed by atoms with Gasteiger partial charge in [0.2, 0.25) is 0 Å². The standard InChI is InChI=1S/C21H28O/c1-5-6-7-11-14-19-20(15-16(2)3)22-17(4)21(19)18-12-9-8-10-13-18/h8-10,12-13,15H,5-7,11,14H2,1-4H3. The fourth-order valence-electron chi connectivity index (χ4n) is 2.95. The van der Waals surface area contributed by atoms with E-state index < -0.39 is 0 Å². The maximum atomic E-state index is 6.09. The number of rotatable bonds is 7. The van der Waals surface area contributed by atoms with Crippen LogP contribution in [0.5, 0.6) is 0 Å². The average Bonchev–Trinajstić information content (AvgIpc) is 2.79. The molecule has 2 aromatic rings. The van der Waals surface area contributed by atoms with Crippen LogP contribution in [0.2, 0.25) is 0 Å². The molecule has 0 spiro atoms. The van der Waals surface area contributed by atoms with Crippen LogP contribution in [0.1, 0.15) is 63.5 Å². The van der Waals surface area contributed by atoms with E-state index in [1.54, 1.807) is 0 Å². The van der Waals surface area contributed by atoms with Crippen molar-refractivity contribution in [2.24, 2.45) is 0 Å². The largest absolute Gasteiger partial charge is 0.461 e. The van der Waals surface area contributed by atoms with Gasteiger partial charge in [0, 0.05) is 11.1 Å². The van der Waals surface area contributed by atoms with Gasteiger partial charge in [-0.15, -0.1) is 0 Å². The summed E-state index contributed by atoms with van der Waals surface area (Å²) in [4.78, 5) is 0. The highest BCUT2D eigenvalue weighted by Crippen LogP contribution is 2.34. The van der Waals surface area contributed by atoms with Crippen LogP contribution in [0, 0.1) is 6.92 Å². The SMILES string of the molecule is CCCCCCc1c(C=C(C)C)oc(C)c1-c1ccccc1. The number of unbranched alkanes of at least 4 members (excludes halogenated alkanes) is 3. The molecule has 1 aromatic carbocycles. The molecule has 0 unspecified atom stereocenters. The number of benzene rings is 1. The Bertz CT molecular complexity index is 613. The van der Waals surface area contributed by atoms with E-state index in [0.717, 1.165) is 17.9 Å². The average molecular weight is 296 g/mol. The molecule has 0 bridgehead atoms. The number of furan rings is 1. The molecule has 0 amide bonds. The first-order chi connectivity index (χ1) is 10.6. The molecule has 118 valence electrons. The number of aryl methyl sites for hydroxylation is 1. The number of hydrogen-bond donors (Lipinski definition) is 0. The molecule has 0 atom stereocenters. The van der Waals surface area contributed by atoms with Crippen molar-refractivity contribution >= 4 is 6.08 Å². The maximum absolute atomic E-state index is 6.09. The topological polar surface area (TPSA) is 13.1 Å². The van der Waals surface area contributed by atoms with E-state index >= 15 is 0 Å². The Morgan fingerprint density at radius 3 is 2.41 bits per heavy atom. The molecular formula is C21H28O. The third-order valence-corrected chi connectivity index (χ3v) is 3.98. The van der Waals surface area contributed by atoms with Gasteiger partial charge in [0.05, 0.1) is 0 Å². The van der Waals surface area contributed by atoms with Crippen molar-refractivity contribution in [2.45, 2.75) is 59.8 Å². The lowest BCUT2D eigenvalue weighted by atomic mass is 9.95. The van der Waals surface area contributed by atoms with Gasteiger partial charge in [0.1, 0.15) is 11.5 Å². The smallest absolute Gasteiger partial charge is 0.130 e. The fourth-order valence-corrected chi connectivity index (χ4v) is 2.95. The molecule has 1 heteroatoms. The normalized spacial score (nSPS) is 10.7. The van der Waals surface area contributed by atoms with Crippen molar-refractivity contribution in [1.82, 2.24) is 0 Å². The molecule has 1 heterocycles. The summed E-state index contributed by atoms with van der Waals surface area (Å²) in [5.41, 5.74) is 5.22. The van der Waals surface area contributed by atoms with Crippen molar-refractivity contribution in [3.8, 4) is 11.1 Å². The van der Waals surface area contributed by atoms with Gasteiger partial charge in [-0.2, -0.15) is 0 Å². The Morgan fingerprint density at radius 2 is 1.77 bits per heavy atom. The lowest BCUT2D eigenvalue weighted by molar-refractivity contribution is 0.521. The predicted octanol–water partition coefficient (Wildman–Crippen LogP) is 6.80. The summed E-state index contributed by atoms with van der Waals surface area (Å²) in [5, 5.41) is 0. The quantitative estimate of drug-likeness (QED) is 0.512. The Balaban J connectivity index is 2.38. The minimum absolute atomic E-state index is 1.03. The first kappa shape index (κ1) is 16.6. The summed E-state index contributed by atoms with van der Waals surface area (Å²) < 4.78 is 6.09. The third kappa shape index (κ3) is 4.13. The van der Waals surface area contributed by atoms with E-state index in [1.807, 2.05) is 0 Å². The minimum atomic E-state index is 1.03. The second kappa shape index (κ2) is 8.03. The van der Waals surface area contributed by atoms with Gasteiger partial charge < -0.3 is 4.42 Å². The Labute approximate surface area is 135 Å². The van der Waals surface area contributed by atoms with Gasteiger partial charge >= 0.3 is 0 Å². The molecule has 0 saturated heterocycles. The summed E-state index contributed by atoms with van der Waals surface area (Å²) in [7, 11) is 0. The van der Waals surface area contributed by atoms with Crippen LogP contribution < -0.4 is 0 Å². The van der Waals surface area contributed by atoms with Gasteiger partial charge in [0.25, 0.3) is 0 Å². The predicted molar refractivity (Wildman–Crippen MR) is 96.1 cm³/mol. The van der Waals surface area contributed by atoms with Crippen molar-refractivity contribution in [2.75, 3.05) is 0 Å². The van der Waals surface area contributed by atoms with E-state index in [1.165, 1.54) is 47.9 Å². The Kier molecular flexibility index (Phi) is 6.06. The van der Waals surface area contributed by atoms with Crippen LogP contribution in [-0.4, -0.2) is 0 Å². The highest BCUT2D eigenvalue weighted by atomic mass is 16.3. The van der Waals surface area contributed by atoms with Crippen LogP contribution in [0.4, 0.5) is 0 Å². The molecule has 0 N–H and O–H groups in total. The first-order valence-corrected chi connectivity index (χ1v) is 8.46. The molecular weight excluding hydrogens is 268 g/mol. The lowest BCUT2D eigenvalue weighted by Gasteiger charge is -2.06. The van der Waals surface area contributed by atoms with Crippen LogP contribution in [-0.2, 0) is 6.42 Å². The number of allylic oxidation sites excluding steroid dienone is 1. The first-order valence-electron chi connectivity index (χ1n) is 8.46. The maximum Gasteiger partial charge on any atom is 0.130 e. The van der Waals surface area contributed by atoms with Crippen molar-refractivity contribution in [3.05, 3.63) is 53.0 Å². The van der Waals surface area contributed by atoms with Crippen molar-refractivity contribution in [3.63, 3.8) is 0 Å². The fraction of sp³-hybridized carbons (Fsp3) is 0.429. The lowest BCUT2D eigenvalue weighted by Crippen LogP contribution is -1.91. The number of hydrogen-bond acceptors (Lipinski definition) is 1. The zero-order valence-electron chi connectivity index (χ0n) is 14.4. The van der Waals surface area contributed by atoms with Crippen molar-refractivity contribution in [1.29, 1.82) is 0 Å². The second-order valence-electron chi connectivity index (χ2n) is 6.27. The molecule has 0 aliphatic heterocycles. The molecule has 22 heavy (non-hydrogen) atoms. The third-order valence-electron chi connectivity index (χ3n) is 3.98. The monoisotopic (exact) mass is 296 g/mol. The van der Waals surface area contributed by atoms with Crippen LogP contribution >= 0.6 is 0 Å². The van der Waals surface area contributed by atoms with E-state index in [4.69, 9.17) is 4.42 Å². The molecule has 2 rings (SSSR count). The summed E-state index contributed by atoms with van der Waals surface area (Å²) in [6.07, 6.45) is 8.39. The van der Waals surface area contributed by atoms with Crippen LogP contribution in [0.25, 0.3) is 17.2 Å². The Hall–Kier alpha value is -1.76. The molecule has 0 fully saturated rings. The summed E-state index contributed by atoms with van der Waals surface area (Å²) in [6, 6.07) is 10.6. The molecule has 1 aromatic heterocycles. The van der Waals surface area contributed by atoms with Gasteiger partial charge in [0.15, 0.2) is 0 Å². The van der Waals surface area contributed by atoms with Crippen LogP contribution in [0.3, 0.4) is 0 Å². The zero-order valence-corrected chi connectivity index (χ0v) is 14.4. The van der Waals surface area contributed by atoms with Gasteiger partial charge in [-0.3, -0.25) is 0 Å². The minimum Gasteiger partial charge on any atom is -0.461 e. The molecule has 0 aliphatic rings. The zero-order chi connectivity index (χ0) is 15.9. The van der Waals surface area contributed by atoms with Gasteiger partial charge in [-0.05, 0) is 45.3 Å². The van der Waals surface area contributed by atoms with Gasteiger partial charge in [-0.1, -0.05) is 62.1 Å². The summed E-state index contributed by atoms with van der Waals surface area (Å²) >= 11 is 0. The van der Waals surface area contributed by atoms with E-state index in [-0.39, 0.29) is 0 Å².